The molecule has 0 bridgehead atoms. The summed E-state index contributed by atoms with van der Waals surface area (Å²) in [4.78, 5) is 5.04. The molecule has 6 heteroatoms. The zero-order chi connectivity index (χ0) is 51.7. The first-order valence-corrected chi connectivity index (χ1v) is 25.7. The summed E-state index contributed by atoms with van der Waals surface area (Å²) < 4.78 is 13.8. The average Bonchev–Trinajstić information content (AvgIpc) is 3.97. The Labute approximate surface area is 454 Å². The van der Waals surface area contributed by atoms with Gasteiger partial charge in [0.05, 0.1) is 11.4 Å². The molecule has 10 aromatic rings. The fourth-order valence-corrected chi connectivity index (χ4v) is 10.2. The molecular weight excluding hydrogens is 1080 g/mol. The first-order chi connectivity index (χ1) is 34.6. The second-order valence-corrected chi connectivity index (χ2v) is 23.9. The Hall–Kier alpha value is -6.81. The van der Waals surface area contributed by atoms with Crippen LogP contribution in [-0.2, 0) is 48.1 Å². The smallest absolute Gasteiger partial charge is 0.267 e. The van der Waals surface area contributed by atoms with E-state index in [1.54, 1.807) is 0 Å². The van der Waals surface area contributed by atoms with Crippen molar-refractivity contribution >= 4 is 21.8 Å². The Balaban J connectivity index is 0.00000672. The van der Waals surface area contributed by atoms with Gasteiger partial charge in [-0.05, 0) is 96.4 Å². The summed E-state index contributed by atoms with van der Waals surface area (Å²) in [6.45, 7) is 29.5. The Morgan fingerprint density at radius 2 is 1.07 bits per heavy atom. The van der Waals surface area contributed by atoms with Crippen LogP contribution in [0, 0.1) is 18.5 Å². The topological polar surface area (TPSA) is 35.9 Å². The summed E-state index contributed by atoms with van der Waals surface area (Å²) in [6, 6.07) is 66.4. The van der Waals surface area contributed by atoms with Gasteiger partial charge in [0.25, 0.3) is 6.33 Å². The molecule has 0 saturated heterocycles. The van der Waals surface area contributed by atoms with E-state index in [9.17, 15) is 0 Å². The summed E-state index contributed by atoms with van der Waals surface area (Å²) >= 11 is 0. The molecule has 7 aromatic carbocycles. The van der Waals surface area contributed by atoms with Gasteiger partial charge < -0.3 is 13.9 Å². The van der Waals surface area contributed by atoms with Crippen molar-refractivity contribution in [2.24, 2.45) is 0 Å². The number of aromatic nitrogens is 4. The van der Waals surface area contributed by atoms with Crippen molar-refractivity contribution in [3.8, 4) is 39.8 Å². The van der Waals surface area contributed by atoms with Crippen LogP contribution in [0.15, 0.2) is 176 Å². The van der Waals surface area contributed by atoms with E-state index in [0.29, 0.717) is 11.5 Å². The number of hydrogen-bond donors (Lipinski definition) is 0. The van der Waals surface area contributed by atoms with Crippen molar-refractivity contribution in [2.75, 3.05) is 0 Å². The number of para-hydroxylation sites is 1. The van der Waals surface area contributed by atoms with Gasteiger partial charge in [-0.1, -0.05) is 216 Å². The molecule has 0 N–H and O–H groups in total. The van der Waals surface area contributed by atoms with Crippen molar-refractivity contribution in [1.29, 1.82) is 0 Å². The second-order valence-electron chi connectivity index (χ2n) is 23.9. The van der Waals surface area contributed by atoms with Gasteiger partial charge in [-0.3, -0.25) is 4.57 Å². The van der Waals surface area contributed by atoms with E-state index < -0.39 is 10.8 Å². The van der Waals surface area contributed by atoms with E-state index in [-0.39, 0.29) is 37.3 Å². The Morgan fingerprint density at radius 3 is 1.70 bits per heavy atom. The average molecular weight is 1150 g/mol. The van der Waals surface area contributed by atoms with Crippen LogP contribution in [-0.4, -0.2) is 14.1 Å². The maximum Gasteiger partial charge on any atom is 0.267 e. The van der Waals surface area contributed by atoms with Crippen LogP contribution in [0.5, 0.6) is 11.5 Å². The number of benzene rings is 7. The molecule has 10 rings (SSSR count). The fraction of sp³-hybridized carbons (Fsp3) is 0.265. The first-order valence-electron chi connectivity index (χ1n) is 25.7. The molecular formula is C68H68N4OPt-2. The Morgan fingerprint density at radius 1 is 0.500 bits per heavy atom. The minimum atomic E-state index is -0.426. The van der Waals surface area contributed by atoms with Gasteiger partial charge in [0, 0.05) is 55.9 Å². The predicted octanol–water partition coefficient (Wildman–Crippen LogP) is 16.6. The van der Waals surface area contributed by atoms with Gasteiger partial charge >= 0.3 is 0 Å². The van der Waals surface area contributed by atoms with Crippen molar-refractivity contribution < 1.29 is 30.4 Å². The molecule has 0 amide bonds. The van der Waals surface area contributed by atoms with Gasteiger partial charge in [0.1, 0.15) is 5.82 Å². The molecule has 0 saturated carbocycles. The zero-order valence-corrected chi connectivity index (χ0v) is 47.5. The van der Waals surface area contributed by atoms with Crippen molar-refractivity contribution in [3.63, 3.8) is 0 Å². The quantitative estimate of drug-likeness (QED) is 0.101. The van der Waals surface area contributed by atoms with Crippen LogP contribution in [0.25, 0.3) is 50.1 Å². The minimum absolute atomic E-state index is 0. The van der Waals surface area contributed by atoms with Gasteiger partial charge in [-0.2, -0.15) is 11.6 Å². The molecule has 0 unspecified atom stereocenters. The Kier molecular flexibility index (Phi) is 13.7. The predicted molar refractivity (Wildman–Crippen MR) is 301 cm³/mol. The normalized spacial score (nSPS) is 12.6. The number of imidazole rings is 1. The number of rotatable bonds is 10. The summed E-state index contributed by atoms with van der Waals surface area (Å²) in [6.07, 6.45) is 8.03. The SMILES string of the molecule is CC(C)(C)c1cc(Oc2[c-]c3c(c(C(C)(C)c4ccccc4)c2)c2ccccc2n3-c2cc(C(C)(C)C)ccn2)[c-]c(-n2[c-][n+](-c3cc(-c4ccccc4)cc(C(C)(C)C)c3)c(C(C)(C)c3ccccc3)c2)c1.[Pt]. The second kappa shape index (κ2) is 19.5. The van der Waals surface area contributed by atoms with Gasteiger partial charge in [-0.25, -0.2) is 4.98 Å². The van der Waals surface area contributed by atoms with Crippen molar-refractivity contribution in [2.45, 2.75) is 117 Å². The third-order valence-corrected chi connectivity index (χ3v) is 14.8. The van der Waals surface area contributed by atoms with Crippen molar-refractivity contribution in [1.82, 2.24) is 14.1 Å². The zero-order valence-electron chi connectivity index (χ0n) is 45.3. The van der Waals surface area contributed by atoms with Crippen LogP contribution in [0.4, 0.5) is 0 Å². The van der Waals surface area contributed by atoms with E-state index in [4.69, 9.17) is 9.72 Å². The molecule has 0 aliphatic rings. The van der Waals surface area contributed by atoms with Crippen LogP contribution in [0.2, 0.25) is 0 Å². The van der Waals surface area contributed by atoms with E-state index in [1.807, 2.05) is 6.20 Å². The summed E-state index contributed by atoms with van der Waals surface area (Å²) in [5.74, 6) is 2.03. The standard InChI is InChI=1S/C68H68N4O.Pt/c1-64(2,3)50-33-34-69-62(40-50)72-59-32-24-23-31-57(59)63-58(67(10,11)48-27-19-15-20-28-48)42-56(43-60(63)72)73-55-39-52(66(7,8)9)37-53(41-55)70-44-61(68(12,13)49-29-21-16-22-30-49)71(45-70)54-36-47(46-25-17-14-18-26-46)35-51(38-54)65(4,5)6;/h14-40,42,44H,1-13H3;/q-2;. The molecule has 74 heavy (non-hydrogen) atoms. The van der Waals surface area contributed by atoms with Crippen LogP contribution >= 0.6 is 0 Å². The first kappa shape index (κ1) is 52.1. The van der Waals surface area contributed by atoms with E-state index in [2.05, 4.69) is 292 Å². The molecule has 3 heterocycles. The van der Waals surface area contributed by atoms with E-state index >= 15 is 0 Å². The number of ether oxygens (including phenoxy) is 1. The summed E-state index contributed by atoms with van der Waals surface area (Å²) in [7, 11) is 0. The number of nitrogens with zero attached hydrogens (tertiary/aromatic N) is 4. The van der Waals surface area contributed by atoms with Crippen LogP contribution < -0.4 is 9.30 Å². The maximum absolute atomic E-state index is 7.22. The molecule has 0 aliphatic heterocycles. The fourth-order valence-electron chi connectivity index (χ4n) is 10.2. The number of fused-ring (bicyclic) bond motifs is 3. The summed E-state index contributed by atoms with van der Waals surface area (Å²) in [5.41, 5.74) is 13.1. The molecule has 0 spiro atoms. The third kappa shape index (κ3) is 9.96. The number of hydrogen-bond acceptors (Lipinski definition) is 2. The molecule has 5 nitrogen and oxygen atoms in total. The largest absolute Gasteiger partial charge is 0.510 e. The molecule has 3 aromatic heterocycles. The minimum Gasteiger partial charge on any atom is -0.510 e. The molecule has 0 aliphatic carbocycles. The molecule has 0 radical (unpaired) electrons. The van der Waals surface area contributed by atoms with Gasteiger partial charge in [0.15, 0.2) is 0 Å². The van der Waals surface area contributed by atoms with Gasteiger partial charge in [0.2, 0.25) is 0 Å². The molecule has 0 atom stereocenters. The van der Waals surface area contributed by atoms with Crippen LogP contribution in [0.1, 0.15) is 129 Å². The van der Waals surface area contributed by atoms with Gasteiger partial charge in [-0.15, -0.1) is 29.8 Å². The third-order valence-electron chi connectivity index (χ3n) is 14.8. The Bertz CT molecular complexity index is 3640. The van der Waals surface area contributed by atoms with Crippen LogP contribution in [0.3, 0.4) is 0 Å². The monoisotopic (exact) mass is 1150 g/mol. The molecule has 378 valence electrons. The molecule has 0 fully saturated rings. The number of pyridine rings is 1. The van der Waals surface area contributed by atoms with Crippen molar-refractivity contribution in [3.05, 3.63) is 234 Å². The van der Waals surface area contributed by atoms with E-state index in [0.717, 1.165) is 61.4 Å². The van der Waals surface area contributed by atoms with E-state index in [1.165, 1.54) is 27.8 Å². The summed E-state index contributed by atoms with van der Waals surface area (Å²) in [5, 5.41) is 2.26. The maximum atomic E-state index is 7.22.